The Balaban J connectivity index is 3.50. The van der Waals surface area contributed by atoms with Crippen LogP contribution in [-0.2, 0) is 4.79 Å². The Morgan fingerprint density at radius 1 is 1.73 bits per heavy atom. The molecule has 0 saturated heterocycles. The summed E-state index contributed by atoms with van der Waals surface area (Å²) in [5, 5.41) is 8.28. The van der Waals surface area contributed by atoms with Gasteiger partial charge in [0.25, 0.3) is 0 Å². The summed E-state index contributed by atoms with van der Waals surface area (Å²) in [7, 11) is 0. The average Bonchev–Trinajstić information content (AvgIpc) is 1.97. The minimum atomic E-state index is -0.883. The predicted octanol–water partition coefficient (Wildman–Crippen LogP) is 2.58. The number of alkyl halides is 1. The summed E-state index contributed by atoms with van der Waals surface area (Å²) in [4.78, 5) is 10.3. The maximum Gasteiger partial charge on any atom is 0.328 e. The van der Waals surface area contributed by atoms with E-state index in [1.165, 1.54) is 6.08 Å². The summed E-state index contributed by atoms with van der Waals surface area (Å²) in [6, 6.07) is 0. The van der Waals surface area contributed by atoms with Crippen LogP contribution in [0.5, 0.6) is 0 Å². The third kappa shape index (κ3) is 7.59. The molecule has 0 rings (SSSR count). The van der Waals surface area contributed by atoms with E-state index in [1.807, 2.05) is 0 Å². The topological polar surface area (TPSA) is 37.3 Å². The molecule has 64 valence electrons. The van der Waals surface area contributed by atoms with E-state index in [4.69, 9.17) is 5.11 Å². The molecule has 0 aliphatic carbocycles. The Morgan fingerprint density at radius 2 is 2.36 bits per heavy atom. The van der Waals surface area contributed by atoms with E-state index in [0.29, 0.717) is 0 Å². The largest absolute Gasteiger partial charge is 0.478 e. The summed E-state index contributed by atoms with van der Waals surface area (Å²) < 4.78 is 0. The molecule has 0 aromatic rings. The molecule has 11 heavy (non-hydrogen) atoms. The summed E-state index contributed by atoms with van der Waals surface area (Å²) >= 11 is 3.36. The van der Waals surface area contributed by atoms with Gasteiger partial charge in [-0.3, -0.25) is 0 Å². The molecule has 1 atom stereocenters. The number of allylic oxidation sites excluding steroid dienone is 1. The minimum absolute atomic E-state index is 0.207. The van der Waals surface area contributed by atoms with Crippen LogP contribution in [0.15, 0.2) is 12.2 Å². The number of carboxylic acid groups (broad SMARTS) is 1. The van der Waals surface area contributed by atoms with Crippen LogP contribution < -0.4 is 0 Å². The molecule has 2 nitrogen and oxygen atoms in total. The zero-order valence-corrected chi connectivity index (χ0v) is 8.17. The molecule has 0 saturated carbocycles. The van der Waals surface area contributed by atoms with E-state index in [1.54, 1.807) is 6.08 Å². The molecule has 1 unspecified atom stereocenters. The number of unbranched alkanes of at least 4 members (excludes halogenated alkanes) is 1. The van der Waals surface area contributed by atoms with Gasteiger partial charge in [-0.15, -0.1) is 0 Å². The maximum atomic E-state index is 10.1. The molecular formula is C8H13BrO2. The normalized spacial score (nSPS) is 13.6. The van der Waals surface area contributed by atoms with E-state index >= 15 is 0 Å². The van der Waals surface area contributed by atoms with Gasteiger partial charge in [0.15, 0.2) is 0 Å². The number of carbonyl (C=O) groups is 1. The van der Waals surface area contributed by atoms with Gasteiger partial charge in [0, 0.05) is 10.9 Å². The Bertz CT molecular complexity index is 143. The first-order valence-electron chi connectivity index (χ1n) is 3.72. The molecule has 0 aromatic carbocycles. The molecule has 0 heterocycles. The highest BCUT2D eigenvalue weighted by Gasteiger charge is 1.97. The first kappa shape index (κ1) is 10.7. The van der Waals surface area contributed by atoms with Gasteiger partial charge >= 0.3 is 5.97 Å². The molecule has 0 aliphatic heterocycles. The second-order valence-corrected chi connectivity index (χ2v) is 3.53. The molecule has 0 amide bonds. The maximum absolute atomic E-state index is 10.1. The molecule has 0 spiro atoms. The van der Waals surface area contributed by atoms with Crippen molar-refractivity contribution in [1.82, 2.24) is 0 Å². The highest BCUT2D eigenvalue weighted by Crippen LogP contribution is 2.10. The molecule has 0 aliphatic rings. The van der Waals surface area contributed by atoms with Crippen molar-refractivity contribution >= 4 is 21.9 Å². The first-order chi connectivity index (χ1) is 5.16. The molecule has 1 N–H and O–H groups in total. The van der Waals surface area contributed by atoms with Crippen molar-refractivity contribution in [1.29, 1.82) is 0 Å². The highest BCUT2D eigenvalue weighted by atomic mass is 79.9. The number of hydrogen-bond acceptors (Lipinski definition) is 1. The Kier molecular flexibility index (Phi) is 6.22. The van der Waals surface area contributed by atoms with Crippen molar-refractivity contribution in [3.63, 3.8) is 0 Å². The molecule has 0 radical (unpaired) electrons. The Labute approximate surface area is 75.4 Å². The monoisotopic (exact) mass is 220 g/mol. The fourth-order valence-electron chi connectivity index (χ4n) is 0.682. The van der Waals surface area contributed by atoms with Gasteiger partial charge in [-0.05, 0) is 6.42 Å². The average molecular weight is 221 g/mol. The predicted molar refractivity (Wildman–Crippen MR) is 49.0 cm³/mol. The summed E-state index contributed by atoms with van der Waals surface area (Å²) in [5.41, 5.74) is 0. The number of rotatable bonds is 5. The van der Waals surface area contributed by atoms with Crippen molar-refractivity contribution in [3.8, 4) is 0 Å². The van der Waals surface area contributed by atoms with Crippen molar-refractivity contribution < 1.29 is 9.90 Å². The zero-order valence-electron chi connectivity index (χ0n) is 6.59. The first-order valence-corrected chi connectivity index (χ1v) is 4.63. The van der Waals surface area contributed by atoms with Crippen LogP contribution in [0.4, 0.5) is 0 Å². The lowest BCUT2D eigenvalue weighted by Crippen LogP contribution is -1.94. The number of hydrogen-bond donors (Lipinski definition) is 1. The summed E-state index contributed by atoms with van der Waals surface area (Å²) in [6.45, 7) is 2.11. The Hall–Kier alpha value is -0.310. The Morgan fingerprint density at radius 3 is 2.82 bits per heavy atom. The standard InChI is InChI=1S/C8H13BrO2/c1-2-3-4-7(9)5-6-8(10)11/h5-7H,2-4H2,1H3,(H,10,11)/b6-5+. The van der Waals surface area contributed by atoms with E-state index in [9.17, 15) is 4.79 Å². The number of halogens is 1. The van der Waals surface area contributed by atoms with Gasteiger partial charge in [-0.25, -0.2) is 4.79 Å². The molecule has 0 bridgehead atoms. The summed E-state index contributed by atoms with van der Waals surface area (Å²) in [5.74, 6) is -0.883. The third-order valence-electron chi connectivity index (χ3n) is 1.28. The van der Waals surface area contributed by atoms with Gasteiger partial charge in [-0.1, -0.05) is 41.8 Å². The van der Waals surface area contributed by atoms with E-state index < -0.39 is 5.97 Å². The fraction of sp³-hybridized carbons (Fsp3) is 0.625. The highest BCUT2D eigenvalue weighted by molar-refractivity contribution is 9.09. The number of carboxylic acids is 1. The smallest absolute Gasteiger partial charge is 0.328 e. The molecular weight excluding hydrogens is 208 g/mol. The van der Waals surface area contributed by atoms with Crippen molar-refractivity contribution in [2.45, 2.75) is 31.0 Å². The summed E-state index contributed by atoms with van der Waals surface area (Å²) in [6.07, 6.45) is 6.11. The lowest BCUT2D eigenvalue weighted by molar-refractivity contribution is -0.131. The van der Waals surface area contributed by atoms with E-state index in [2.05, 4.69) is 22.9 Å². The third-order valence-corrected chi connectivity index (χ3v) is 2.04. The lowest BCUT2D eigenvalue weighted by atomic mass is 10.2. The van der Waals surface area contributed by atoms with Crippen LogP contribution in [0.2, 0.25) is 0 Å². The quantitative estimate of drug-likeness (QED) is 0.572. The van der Waals surface area contributed by atoms with Crippen LogP contribution in [0.3, 0.4) is 0 Å². The van der Waals surface area contributed by atoms with Crippen molar-refractivity contribution in [2.24, 2.45) is 0 Å². The minimum Gasteiger partial charge on any atom is -0.478 e. The lowest BCUT2D eigenvalue weighted by Gasteiger charge is -2.00. The van der Waals surface area contributed by atoms with Crippen LogP contribution in [0.1, 0.15) is 26.2 Å². The van der Waals surface area contributed by atoms with E-state index in [-0.39, 0.29) is 4.83 Å². The van der Waals surface area contributed by atoms with Gasteiger partial charge in [0.05, 0.1) is 0 Å². The van der Waals surface area contributed by atoms with Crippen LogP contribution in [0, 0.1) is 0 Å². The molecule has 0 aromatic heterocycles. The van der Waals surface area contributed by atoms with Crippen LogP contribution in [0.25, 0.3) is 0 Å². The van der Waals surface area contributed by atoms with Gasteiger partial charge in [0.2, 0.25) is 0 Å². The van der Waals surface area contributed by atoms with Gasteiger partial charge < -0.3 is 5.11 Å². The molecule has 0 fully saturated rings. The SMILES string of the molecule is CCCCC(Br)/C=C/C(=O)O. The van der Waals surface area contributed by atoms with Gasteiger partial charge in [0.1, 0.15) is 0 Å². The zero-order chi connectivity index (χ0) is 8.69. The molecule has 3 heteroatoms. The van der Waals surface area contributed by atoms with Crippen molar-refractivity contribution in [2.75, 3.05) is 0 Å². The number of aliphatic carboxylic acids is 1. The van der Waals surface area contributed by atoms with Crippen molar-refractivity contribution in [3.05, 3.63) is 12.2 Å². The second-order valence-electron chi connectivity index (χ2n) is 2.36. The van der Waals surface area contributed by atoms with E-state index in [0.717, 1.165) is 19.3 Å². The second kappa shape index (κ2) is 6.40. The fourth-order valence-corrected chi connectivity index (χ4v) is 1.16. The van der Waals surface area contributed by atoms with Crippen LogP contribution in [-0.4, -0.2) is 15.9 Å². The van der Waals surface area contributed by atoms with Gasteiger partial charge in [-0.2, -0.15) is 0 Å². The van der Waals surface area contributed by atoms with Crippen LogP contribution >= 0.6 is 15.9 Å².